The van der Waals surface area contributed by atoms with Gasteiger partial charge in [0.15, 0.2) is 5.96 Å². The number of methoxy groups -OCH3 is 2. The van der Waals surface area contributed by atoms with Crippen molar-refractivity contribution in [3.63, 3.8) is 0 Å². The largest absolute Gasteiger partial charge is 0.497 e. The molecule has 0 radical (unpaired) electrons. The van der Waals surface area contributed by atoms with Crippen molar-refractivity contribution in [3.05, 3.63) is 18.2 Å². The Hall–Kier alpha value is -1.38. The van der Waals surface area contributed by atoms with Crippen molar-refractivity contribution < 1.29 is 9.47 Å². The molecule has 1 saturated heterocycles. The minimum Gasteiger partial charge on any atom is -0.497 e. The topological polar surface area (TPSA) is 58.1 Å². The van der Waals surface area contributed by atoms with Gasteiger partial charge in [0.2, 0.25) is 0 Å². The molecule has 1 aromatic carbocycles. The second-order valence-corrected chi connectivity index (χ2v) is 6.54. The van der Waals surface area contributed by atoms with Crippen LogP contribution in [0, 0.1) is 5.92 Å². The Kier molecular flexibility index (Phi) is 7.46. The van der Waals surface area contributed by atoms with Crippen molar-refractivity contribution in [3.8, 4) is 11.5 Å². The molecule has 3 rings (SSSR count). The van der Waals surface area contributed by atoms with Crippen LogP contribution in [-0.4, -0.2) is 52.9 Å². The van der Waals surface area contributed by atoms with E-state index in [1.54, 1.807) is 14.2 Å². The Morgan fingerprint density at radius 3 is 2.40 bits per heavy atom. The van der Waals surface area contributed by atoms with E-state index in [2.05, 4.69) is 32.7 Å². The molecule has 25 heavy (non-hydrogen) atoms. The predicted molar refractivity (Wildman–Crippen MR) is 113 cm³/mol. The van der Waals surface area contributed by atoms with E-state index in [9.17, 15) is 0 Å². The standard InChI is InChI=1S/C18H28N4O2.HI/c1-19-18(20-11-13-4-5-13)21-14-6-7-22(12-14)15-8-16(23-2)10-17(9-15)24-3;/h8-10,13-14H,4-7,11-12H2,1-3H3,(H2,19,20,21);1H. The van der Waals surface area contributed by atoms with Crippen LogP contribution in [0.2, 0.25) is 0 Å². The summed E-state index contributed by atoms with van der Waals surface area (Å²) in [6.45, 7) is 2.98. The highest BCUT2D eigenvalue weighted by Gasteiger charge is 2.25. The maximum absolute atomic E-state index is 5.37. The summed E-state index contributed by atoms with van der Waals surface area (Å²) in [5.74, 6) is 3.40. The van der Waals surface area contributed by atoms with Crippen LogP contribution >= 0.6 is 24.0 Å². The third kappa shape index (κ3) is 5.55. The summed E-state index contributed by atoms with van der Waals surface area (Å²) in [5, 5.41) is 6.97. The minimum atomic E-state index is 0. The normalized spacial score (nSPS) is 20.0. The molecular weight excluding hydrogens is 431 g/mol. The Morgan fingerprint density at radius 2 is 1.84 bits per heavy atom. The van der Waals surface area contributed by atoms with Gasteiger partial charge in [-0.3, -0.25) is 4.99 Å². The van der Waals surface area contributed by atoms with Crippen LogP contribution in [0.3, 0.4) is 0 Å². The van der Waals surface area contributed by atoms with Gasteiger partial charge in [-0.1, -0.05) is 0 Å². The predicted octanol–water partition coefficient (Wildman–Crippen LogP) is 2.48. The first-order chi connectivity index (χ1) is 11.7. The molecule has 0 amide bonds. The zero-order valence-corrected chi connectivity index (χ0v) is 17.6. The molecule has 2 aliphatic rings. The zero-order chi connectivity index (χ0) is 16.9. The van der Waals surface area contributed by atoms with Crippen molar-refractivity contribution in [2.24, 2.45) is 10.9 Å². The van der Waals surface area contributed by atoms with Crippen LogP contribution in [0.4, 0.5) is 5.69 Å². The molecule has 0 bridgehead atoms. The number of benzene rings is 1. The number of nitrogens with one attached hydrogen (secondary N) is 2. The van der Waals surface area contributed by atoms with Crippen LogP contribution in [0.25, 0.3) is 0 Å². The number of halogens is 1. The molecule has 0 aromatic heterocycles. The number of guanidine groups is 1. The van der Waals surface area contributed by atoms with E-state index < -0.39 is 0 Å². The minimum absolute atomic E-state index is 0. The van der Waals surface area contributed by atoms with Gasteiger partial charge in [0.1, 0.15) is 11.5 Å². The first-order valence-corrected chi connectivity index (χ1v) is 8.67. The molecule has 7 heteroatoms. The van der Waals surface area contributed by atoms with E-state index in [0.717, 1.165) is 55.1 Å². The number of nitrogens with zero attached hydrogens (tertiary/aromatic N) is 2. The summed E-state index contributed by atoms with van der Waals surface area (Å²) in [5.41, 5.74) is 1.14. The summed E-state index contributed by atoms with van der Waals surface area (Å²) in [6.07, 6.45) is 3.78. The summed E-state index contributed by atoms with van der Waals surface area (Å²) in [6, 6.07) is 6.42. The average molecular weight is 460 g/mol. The Labute approximate surface area is 167 Å². The highest BCUT2D eigenvalue weighted by atomic mass is 127. The van der Waals surface area contributed by atoms with Gasteiger partial charge >= 0.3 is 0 Å². The third-order valence-corrected chi connectivity index (χ3v) is 4.71. The van der Waals surface area contributed by atoms with E-state index in [-0.39, 0.29) is 24.0 Å². The molecule has 1 heterocycles. The van der Waals surface area contributed by atoms with Gasteiger partial charge in [-0.05, 0) is 25.2 Å². The second-order valence-electron chi connectivity index (χ2n) is 6.54. The van der Waals surface area contributed by atoms with Crippen molar-refractivity contribution in [1.29, 1.82) is 0 Å². The molecule has 1 atom stereocenters. The highest BCUT2D eigenvalue weighted by molar-refractivity contribution is 14.0. The molecule has 1 saturated carbocycles. The van der Waals surface area contributed by atoms with Gasteiger partial charge in [-0.25, -0.2) is 0 Å². The lowest BCUT2D eigenvalue weighted by Crippen LogP contribution is -2.45. The summed E-state index contributed by atoms with van der Waals surface area (Å²) in [4.78, 5) is 6.70. The fourth-order valence-electron chi connectivity index (χ4n) is 3.04. The van der Waals surface area contributed by atoms with Gasteiger partial charge in [0.05, 0.1) is 14.2 Å². The van der Waals surface area contributed by atoms with E-state index >= 15 is 0 Å². The van der Waals surface area contributed by atoms with E-state index in [1.165, 1.54) is 12.8 Å². The Morgan fingerprint density at radius 1 is 1.16 bits per heavy atom. The maximum atomic E-state index is 5.37. The number of ether oxygens (including phenoxy) is 2. The monoisotopic (exact) mass is 460 g/mol. The summed E-state index contributed by atoms with van der Waals surface area (Å²) < 4.78 is 10.7. The maximum Gasteiger partial charge on any atom is 0.191 e. The summed E-state index contributed by atoms with van der Waals surface area (Å²) in [7, 11) is 5.20. The molecule has 140 valence electrons. The molecule has 6 nitrogen and oxygen atoms in total. The van der Waals surface area contributed by atoms with Crippen molar-refractivity contribution in [2.45, 2.75) is 25.3 Å². The second kappa shape index (κ2) is 9.35. The molecule has 0 spiro atoms. The molecule has 1 unspecified atom stereocenters. The average Bonchev–Trinajstić information content (AvgIpc) is 3.34. The fourth-order valence-corrected chi connectivity index (χ4v) is 3.04. The lowest BCUT2D eigenvalue weighted by Gasteiger charge is -2.21. The third-order valence-electron chi connectivity index (χ3n) is 4.71. The number of aliphatic imine (C=N–C) groups is 1. The van der Waals surface area contributed by atoms with E-state index in [0.29, 0.717) is 6.04 Å². The van der Waals surface area contributed by atoms with Crippen LogP contribution < -0.4 is 25.0 Å². The lowest BCUT2D eigenvalue weighted by atomic mass is 10.2. The summed E-state index contributed by atoms with van der Waals surface area (Å²) >= 11 is 0. The molecule has 1 aliphatic carbocycles. The number of hydrogen-bond donors (Lipinski definition) is 2. The number of hydrogen-bond acceptors (Lipinski definition) is 4. The number of rotatable bonds is 6. The van der Waals surface area contributed by atoms with Crippen molar-refractivity contribution in [2.75, 3.05) is 45.8 Å². The molecule has 1 aliphatic heterocycles. The van der Waals surface area contributed by atoms with Crippen molar-refractivity contribution in [1.82, 2.24) is 10.6 Å². The molecular formula is C18H29IN4O2. The quantitative estimate of drug-likeness (QED) is 0.388. The fraction of sp³-hybridized carbons (Fsp3) is 0.611. The van der Waals surface area contributed by atoms with E-state index in [1.807, 2.05) is 13.1 Å². The van der Waals surface area contributed by atoms with Gasteiger partial charge in [-0.15, -0.1) is 24.0 Å². The Bertz CT molecular complexity index is 570. The SMILES string of the molecule is CN=C(NCC1CC1)NC1CCN(c2cc(OC)cc(OC)c2)C1.I. The van der Waals surface area contributed by atoms with Crippen LogP contribution in [-0.2, 0) is 0 Å². The Balaban J connectivity index is 0.00000225. The highest BCUT2D eigenvalue weighted by Crippen LogP contribution is 2.30. The van der Waals surface area contributed by atoms with E-state index in [4.69, 9.17) is 9.47 Å². The lowest BCUT2D eigenvalue weighted by molar-refractivity contribution is 0.394. The smallest absolute Gasteiger partial charge is 0.191 e. The van der Waals surface area contributed by atoms with Gasteiger partial charge in [0, 0.05) is 56.6 Å². The van der Waals surface area contributed by atoms with Gasteiger partial charge in [-0.2, -0.15) is 0 Å². The first kappa shape index (κ1) is 19.9. The van der Waals surface area contributed by atoms with Gasteiger partial charge in [0.25, 0.3) is 0 Å². The van der Waals surface area contributed by atoms with Crippen LogP contribution in [0.15, 0.2) is 23.2 Å². The van der Waals surface area contributed by atoms with Crippen LogP contribution in [0.5, 0.6) is 11.5 Å². The van der Waals surface area contributed by atoms with Crippen molar-refractivity contribution >= 4 is 35.6 Å². The molecule has 2 N–H and O–H groups in total. The van der Waals surface area contributed by atoms with Crippen LogP contribution in [0.1, 0.15) is 19.3 Å². The molecule has 2 fully saturated rings. The number of anilines is 1. The van der Waals surface area contributed by atoms with Gasteiger partial charge < -0.3 is 25.0 Å². The molecule has 1 aromatic rings. The zero-order valence-electron chi connectivity index (χ0n) is 15.2. The first-order valence-electron chi connectivity index (χ1n) is 8.67.